The molecule has 0 spiro atoms. The maximum absolute atomic E-state index is 12.4. The number of rotatable bonds is 10. The zero-order valence-electron chi connectivity index (χ0n) is 19.1. The summed E-state index contributed by atoms with van der Waals surface area (Å²) >= 11 is 12.1. The highest BCUT2D eigenvalue weighted by molar-refractivity contribution is 6.35. The maximum Gasteiger partial charge on any atom is 0.239 e. The van der Waals surface area contributed by atoms with Crippen LogP contribution in [0.5, 0.6) is 0 Å². The summed E-state index contributed by atoms with van der Waals surface area (Å²) < 4.78 is 1.78. The Morgan fingerprint density at radius 3 is 2.63 bits per heavy atom. The van der Waals surface area contributed by atoms with Gasteiger partial charge in [-0.05, 0) is 35.2 Å². The van der Waals surface area contributed by atoms with Gasteiger partial charge in [0.15, 0.2) is 0 Å². The van der Waals surface area contributed by atoms with Crippen LogP contribution in [0.1, 0.15) is 23.6 Å². The summed E-state index contributed by atoms with van der Waals surface area (Å²) in [6.45, 7) is 3.03. The monoisotopic (exact) mass is 509 g/mol. The summed E-state index contributed by atoms with van der Waals surface area (Å²) in [6.07, 6.45) is 6.10. The minimum Gasteiger partial charge on any atom is -0.361 e. The van der Waals surface area contributed by atoms with Crippen molar-refractivity contribution in [1.82, 2.24) is 24.8 Å². The third-order valence-electron chi connectivity index (χ3n) is 5.25. The van der Waals surface area contributed by atoms with Gasteiger partial charge in [0.05, 0.1) is 6.54 Å². The molecule has 8 nitrogen and oxygen atoms in total. The van der Waals surface area contributed by atoms with Crippen molar-refractivity contribution in [3.63, 3.8) is 0 Å². The number of benzene rings is 2. The number of aryl methyl sites for hydroxylation is 1. The van der Waals surface area contributed by atoms with Crippen molar-refractivity contribution in [3.8, 4) is 5.82 Å². The average Bonchev–Trinajstić information content (AvgIpc) is 3.41. The van der Waals surface area contributed by atoms with Gasteiger partial charge >= 0.3 is 0 Å². The van der Waals surface area contributed by atoms with Crippen molar-refractivity contribution in [2.75, 3.05) is 17.2 Å². The van der Waals surface area contributed by atoms with Gasteiger partial charge in [-0.3, -0.25) is 9.36 Å². The molecule has 0 atom stereocenters. The molecule has 180 valence electrons. The predicted molar refractivity (Wildman–Crippen MR) is 139 cm³/mol. The van der Waals surface area contributed by atoms with E-state index in [1.807, 2.05) is 6.07 Å². The summed E-state index contributed by atoms with van der Waals surface area (Å²) in [7, 11) is 0. The second-order valence-electron chi connectivity index (χ2n) is 7.80. The molecule has 0 radical (unpaired) electrons. The van der Waals surface area contributed by atoms with Crippen LogP contribution in [0.3, 0.4) is 0 Å². The van der Waals surface area contributed by atoms with Crippen LogP contribution in [0.2, 0.25) is 10.0 Å². The van der Waals surface area contributed by atoms with E-state index < -0.39 is 0 Å². The molecule has 0 saturated heterocycles. The molecule has 0 fully saturated rings. The topological polar surface area (TPSA) is 96.8 Å². The van der Waals surface area contributed by atoms with E-state index in [0.717, 1.165) is 17.5 Å². The van der Waals surface area contributed by atoms with Crippen molar-refractivity contribution in [2.45, 2.75) is 26.4 Å². The van der Waals surface area contributed by atoms with Crippen LogP contribution in [0.25, 0.3) is 5.82 Å². The predicted octanol–water partition coefficient (Wildman–Crippen LogP) is 4.87. The third kappa shape index (κ3) is 6.94. The van der Waals surface area contributed by atoms with E-state index in [1.54, 1.807) is 47.6 Å². The molecule has 2 aromatic heterocycles. The summed E-state index contributed by atoms with van der Waals surface area (Å²) in [4.78, 5) is 25.6. The van der Waals surface area contributed by atoms with Gasteiger partial charge in [0.1, 0.15) is 18.0 Å². The van der Waals surface area contributed by atoms with Crippen LogP contribution >= 0.6 is 23.2 Å². The van der Waals surface area contributed by atoms with Gasteiger partial charge in [-0.15, -0.1) is 0 Å². The van der Waals surface area contributed by atoms with E-state index in [0.29, 0.717) is 40.7 Å². The number of carbonyl (C=O) groups is 1. The van der Waals surface area contributed by atoms with E-state index in [1.165, 1.54) is 5.56 Å². The number of hydrogen-bond donors (Lipinski definition) is 3. The van der Waals surface area contributed by atoms with Crippen LogP contribution in [-0.4, -0.2) is 32.0 Å². The van der Waals surface area contributed by atoms with Crippen molar-refractivity contribution in [2.24, 2.45) is 0 Å². The highest BCUT2D eigenvalue weighted by Crippen LogP contribution is 2.21. The van der Waals surface area contributed by atoms with Crippen LogP contribution in [0.4, 0.5) is 11.8 Å². The van der Waals surface area contributed by atoms with Crippen molar-refractivity contribution in [3.05, 3.63) is 94.0 Å². The van der Waals surface area contributed by atoms with Crippen LogP contribution in [0, 0.1) is 0 Å². The second-order valence-corrected chi connectivity index (χ2v) is 8.64. The van der Waals surface area contributed by atoms with E-state index in [-0.39, 0.29) is 12.5 Å². The van der Waals surface area contributed by atoms with Crippen molar-refractivity contribution >= 4 is 40.9 Å². The maximum atomic E-state index is 12.4. The highest BCUT2D eigenvalue weighted by atomic mass is 35.5. The number of nitrogens with one attached hydrogen (secondary N) is 3. The lowest BCUT2D eigenvalue weighted by molar-refractivity contribution is -0.119. The van der Waals surface area contributed by atoms with E-state index in [9.17, 15) is 4.79 Å². The largest absolute Gasteiger partial charge is 0.361 e. The third-order valence-corrected chi connectivity index (χ3v) is 5.84. The van der Waals surface area contributed by atoms with Crippen molar-refractivity contribution in [1.29, 1.82) is 0 Å². The number of aromatic nitrogens is 4. The molecule has 4 rings (SSSR count). The number of anilines is 2. The standard InChI is InChI=1S/C25H25Cl2N7O/c1-2-17-4-3-5-18(10-17)13-31-25-32-22(12-23(33-25)34-9-8-28-16-34)29-15-24(35)30-14-19-6-7-20(26)11-21(19)27/h3-12,16H,2,13-15H2,1H3,(H,30,35)(H2,29,31,32,33). The fourth-order valence-corrected chi connectivity index (χ4v) is 3.84. The number of imidazole rings is 1. The lowest BCUT2D eigenvalue weighted by Crippen LogP contribution is -2.29. The van der Waals surface area contributed by atoms with Crippen molar-refractivity contribution < 1.29 is 4.79 Å². The first-order chi connectivity index (χ1) is 17.0. The molecule has 10 heteroatoms. The first kappa shape index (κ1) is 24.5. The Balaban J connectivity index is 1.42. The smallest absolute Gasteiger partial charge is 0.239 e. The molecule has 0 bridgehead atoms. The molecule has 2 aromatic carbocycles. The summed E-state index contributed by atoms with van der Waals surface area (Å²) in [6, 6.07) is 15.3. The lowest BCUT2D eigenvalue weighted by Gasteiger charge is -2.12. The summed E-state index contributed by atoms with van der Waals surface area (Å²) in [5, 5.41) is 10.2. The minimum atomic E-state index is -0.204. The van der Waals surface area contributed by atoms with Crippen LogP contribution < -0.4 is 16.0 Å². The second kappa shape index (κ2) is 11.7. The Morgan fingerprint density at radius 1 is 1.00 bits per heavy atom. The van der Waals surface area contributed by atoms with Gasteiger partial charge < -0.3 is 16.0 Å². The fraction of sp³-hybridized carbons (Fsp3) is 0.200. The molecule has 35 heavy (non-hydrogen) atoms. The highest BCUT2D eigenvalue weighted by Gasteiger charge is 2.09. The number of halogens is 2. The molecular formula is C25H25Cl2N7O. The molecule has 0 saturated carbocycles. The SMILES string of the molecule is CCc1cccc(CNc2nc(NCC(=O)NCc3ccc(Cl)cc3Cl)cc(-n3ccnc3)n2)c1. The number of nitrogens with zero attached hydrogens (tertiary/aromatic N) is 4. The van der Waals surface area contributed by atoms with Gasteiger partial charge in [-0.1, -0.05) is 60.5 Å². The van der Waals surface area contributed by atoms with E-state index >= 15 is 0 Å². The molecule has 2 heterocycles. The van der Waals surface area contributed by atoms with Gasteiger partial charge in [0.25, 0.3) is 0 Å². The first-order valence-corrected chi connectivity index (χ1v) is 11.9. The Morgan fingerprint density at radius 2 is 1.86 bits per heavy atom. The minimum absolute atomic E-state index is 0.0313. The Labute approximate surface area is 213 Å². The molecule has 0 unspecified atom stereocenters. The first-order valence-electron chi connectivity index (χ1n) is 11.1. The Bertz CT molecular complexity index is 1290. The number of carbonyl (C=O) groups excluding carboxylic acids is 1. The zero-order chi connectivity index (χ0) is 24.6. The molecule has 0 aliphatic heterocycles. The normalized spacial score (nSPS) is 10.7. The molecule has 4 aromatic rings. The summed E-state index contributed by atoms with van der Waals surface area (Å²) in [5.41, 5.74) is 3.19. The van der Waals surface area contributed by atoms with Gasteiger partial charge in [-0.25, -0.2) is 4.98 Å². The lowest BCUT2D eigenvalue weighted by atomic mass is 10.1. The molecular weight excluding hydrogens is 485 g/mol. The van der Waals surface area contributed by atoms with E-state index in [4.69, 9.17) is 23.2 Å². The van der Waals surface area contributed by atoms with Crippen LogP contribution in [-0.2, 0) is 24.3 Å². The zero-order valence-corrected chi connectivity index (χ0v) is 20.6. The number of hydrogen-bond acceptors (Lipinski definition) is 6. The summed E-state index contributed by atoms with van der Waals surface area (Å²) in [5.74, 6) is 1.37. The van der Waals surface area contributed by atoms with Gasteiger partial charge in [-0.2, -0.15) is 9.97 Å². The van der Waals surface area contributed by atoms with Gasteiger partial charge in [0, 0.05) is 41.6 Å². The average molecular weight is 510 g/mol. The van der Waals surface area contributed by atoms with Crippen LogP contribution in [0.15, 0.2) is 67.3 Å². The Hall–Kier alpha value is -3.62. The Kier molecular flexibility index (Phi) is 8.18. The fourth-order valence-electron chi connectivity index (χ4n) is 3.36. The molecule has 1 amide bonds. The quantitative estimate of drug-likeness (QED) is 0.282. The number of amides is 1. The van der Waals surface area contributed by atoms with Gasteiger partial charge in [0.2, 0.25) is 11.9 Å². The molecule has 0 aliphatic carbocycles. The van der Waals surface area contributed by atoms with E-state index in [2.05, 4.69) is 56.0 Å². The molecule has 3 N–H and O–H groups in total. The molecule has 0 aliphatic rings.